The summed E-state index contributed by atoms with van der Waals surface area (Å²) in [5, 5.41) is 31.5. The minimum atomic E-state index is -1.78. The summed E-state index contributed by atoms with van der Waals surface area (Å²) in [6, 6.07) is -1.04. The highest BCUT2D eigenvalue weighted by Crippen LogP contribution is 2.65. The van der Waals surface area contributed by atoms with E-state index in [1.807, 2.05) is 6.26 Å². The summed E-state index contributed by atoms with van der Waals surface area (Å²) in [5.41, 5.74) is -2.56. The molecule has 0 saturated heterocycles. The van der Waals surface area contributed by atoms with Gasteiger partial charge in [-0.3, -0.25) is 14.7 Å². The predicted molar refractivity (Wildman–Crippen MR) is 123 cm³/mol. The van der Waals surface area contributed by atoms with E-state index in [0.717, 1.165) is 0 Å². The van der Waals surface area contributed by atoms with Crippen molar-refractivity contribution in [2.75, 3.05) is 12.0 Å². The highest BCUT2D eigenvalue weighted by atomic mass is 32.2. The summed E-state index contributed by atoms with van der Waals surface area (Å²) in [6.07, 6.45) is 2.61. The molecule has 2 aliphatic carbocycles. The highest BCUT2D eigenvalue weighted by Gasteiger charge is 2.76. The number of hydrogen-bond acceptors (Lipinski definition) is 9. The summed E-state index contributed by atoms with van der Waals surface area (Å²) < 4.78 is 5.24. The Labute approximate surface area is 204 Å². The zero-order valence-electron chi connectivity index (χ0n) is 19.2. The maximum absolute atomic E-state index is 13.2. The van der Waals surface area contributed by atoms with E-state index < -0.39 is 64.1 Å². The van der Waals surface area contributed by atoms with Crippen molar-refractivity contribution in [3.8, 4) is 0 Å². The molecule has 0 bridgehead atoms. The van der Waals surface area contributed by atoms with Gasteiger partial charge in [-0.2, -0.15) is 16.9 Å². The second-order valence-electron chi connectivity index (χ2n) is 9.36. The molecular formula is C20H29N5O7S2. The third-order valence-electron chi connectivity index (χ3n) is 5.88. The standard InChI is InChI=1S/C20H29N5O7S2/c1-19(2,3)32-18(31)23-9(5-6-33-4)14(26)24-20(16(29)30)7-10(34-17-21-8-22-25-17)11-12(13(11)20)15(27)28/h8-13H,5-7H2,1-4H3,(H,23,31)(H,24,26)(H,27,28)(H,29,30)(H,21,22,25)/t9-,10+,11-,12-,13-,20-/m0/s1. The van der Waals surface area contributed by atoms with Crippen LogP contribution in [0.3, 0.4) is 0 Å². The van der Waals surface area contributed by atoms with Crippen molar-refractivity contribution < 1.29 is 34.1 Å². The van der Waals surface area contributed by atoms with Crippen LogP contribution in [-0.4, -0.2) is 83.8 Å². The number of amides is 2. The molecule has 3 rings (SSSR count). The molecule has 1 aromatic heterocycles. The van der Waals surface area contributed by atoms with Crippen molar-refractivity contribution >= 4 is 47.5 Å². The fourth-order valence-electron chi connectivity index (χ4n) is 4.53. The molecule has 6 atom stereocenters. The molecule has 1 heterocycles. The van der Waals surface area contributed by atoms with Gasteiger partial charge >= 0.3 is 18.0 Å². The molecule has 2 fully saturated rings. The van der Waals surface area contributed by atoms with Crippen LogP contribution in [0.15, 0.2) is 11.5 Å². The lowest BCUT2D eigenvalue weighted by Gasteiger charge is -2.32. The second kappa shape index (κ2) is 10.0. The first kappa shape index (κ1) is 26.1. The molecule has 14 heteroatoms. The van der Waals surface area contributed by atoms with E-state index in [4.69, 9.17) is 4.74 Å². The molecule has 0 radical (unpaired) electrons. The van der Waals surface area contributed by atoms with E-state index in [0.29, 0.717) is 10.9 Å². The third kappa shape index (κ3) is 5.59. The first-order chi connectivity index (χ1) is 15.9. The number of ether oxygens (including phenoxy) is 1. The molecule has 12 nitrogen and oxygen atoms in total. The minimum absolute atomic E-state index is 0.0141. The number of thioether (sulfide) groups is 2. The number of nitrogens with zero attached hydrogens (tertiary/aromatic N) is 2. The van der Waals surface area contributed by atoms with E-state index in [1.54, 1.807) is 20.8 Å². The van der Waals surface area contributed by atoms with Crippen LogP contribution in [0, 0.1) is 17.8 Å². The van der Waals surface area contributed by atoms with Gasteiger partial charge in [0.1, 0.15) is 23.5 Å². The number of nitrogens with one attached hydrogen (secondary N) is 3. The first-order valence-electron chi connectivity index (χ1n) is 10.7. The number of fused-ring (bicyclic) bond motifs is 1. The van der Waals surface area contributed by atoms with Crippen molar-refractivity contribution in [2.45, 2.75) is 61.2 Å². The Bertz CT molecular complexity index is 938. The Morgan fingerprint density at radius 2 is 2.03 bits per heavy atom. The van der Waals surface area contributed by atoms with Gasteiger partial charge < -0.3 is 25.6 Å². The van der Waals surface area contributed by atoms with Crippen LogP contribution in [0.4, 0.5) is 4.79 Å². The van der Waals surface area contributed by atoms with Crippen molar-refractivity contribution in [3.05, 3.63) is 6.33 Å². The summed E-state index contributed by atoms with van der Waals surface area (Å²) in [4.78, 5) is 53.9. The normalized spacial score (nSPS) is 28.5. The van der Waals surface area contributed by atoms with Crippen molar-refractivity contribution in [2.24, 2.45) is 17.8 Å². The SMILES string of the molecule is CSCC[C@H](NC(=O)OC(C)(C)C)C(=O)N[C@@]1(C(=O)O)C[C@@H](Sc2ncn[nH]2)[C@H]2[C@H](C(=O)O)[C@H]21. The van der Waals surface area contributed by atoms with Gasteiger partial charge in [0, 0.05) is 11.2 Å². The van der Waals surface area contributed by atoms with Crippen LogP contribution in [0.25, 0.3) is 0 Å². The molecule has 0 spiro atoms. The van der Waals surface area contributed by atoms with E-state index in [2.05, 4.69) is 25.8 Å². The Kier molecular flexibility index (Phi) is 7.70. The number of carbonyl (C=O) groups excluding carboxylic acids is 2. The molecular weight excluding hydrogens is 486 g/mol. The number of H-pyrrole nitrogens is 1. The number of carboxylic acid groups (broad SMARTS) is 2. The van der Waals surface area contributed by atoms with Gasteiger partial charge in [-0.1, -0.05) is 11.8 Å². The summed E-state index contributed by atoms with van der Waals surface area (Å²) in [6.45, 7) is 5.06. The van der Waals surface area contributed by atoms with Crippen LogP contribution >= 0.6 is 23.5 Å². The Balaban J connectivity index is 1.82. The summed E-state index contributed by atoms with van der Waals surface area (Å²) in [5.74, 6) is -4.72. The zero-order chi connectivity index (χ0) is 25.3. The van der Waals surface area contributed by atoms with Gasteiger partial charge in [0.2, 0.25) is 5.91 Å². The van der Waals surface area contributed by atoms with Gasteiger partial charge in [-0.05, 0) is 51.5 Å². The predicted octanol–water partition coefficient (Wildman–Crippen LogP) is 1.20. The number of rotatable bonds is 10. The average Bonchev–Trinajstić information content (AvgIpc) is 3.12. The van der Waals surface area contributed by atoms with Crippen molar-refractivity contribution in [1.82, 2.24) is 25.8 Å². The lowest BCUT2D eigenvalue weighted by Crippen LogP contribution is -2.61. The van der Waals surface area contributed by atoms with Crippen LogP contribution in [0.1, 0.15) is 33.6 Å². The van der Waals surface area contributed by atoms with Crippen LogP contribution in [0.5, 0.6) is 0 Å². The monoisotopic (exact) mass is 515 g/mol. The molecule has 2 saturated carbocycles. The fraction of sp³-hybridized carbons (Fsp3) is 0.700. The van der Waals surface area contributed by atoms with Gasteiger partial charge in [-0.25, -0.2) is 14.6 Å². The summed E-state index contributed by atoms with van der Waals surface area (Å²) >= 11 is 2.68. The molecule has 2 amide bonds. The number of aromatic nitrogens is 3. The largest absolute Gasteiger partial charge is 0.481 e. The molecule has 0 aromatic carbocycles. The van der Waals surface area contributed by atoms with Gasteiger partial charge in [0.05, 0.1) is 5.92 Å². The van der Waals surface area contributed by atoms with Crippen LogP contribution in [0.2, 0.25) is 0 Å². The Morgan fingerprint density at radius 1 is 1.32 bits per heavy atom. The highest BCUT2D eigenvalue weighted by molar-refractivity contribution is 7.99. The smallest absolute Gasteiger partial charge is 0.408 e. The molecule has 0 aliphatic heterocycles. The van der Waals surface area contributed by atoms with Gasteiger partial charge in [-0.15, -0.1) is 0 Å². The van der Waals surface area contributed by atoms with E-state index >= 15 is 0 Å². The molecule has 0 unspecified atom stereocenters. The molecule has 2 aliphatic rings. The number of aliphatic carboxylic acids is 2. The Hall–Kier alpha value is -2.48. The second-order valence-corrected chi connectivity index (χ2v) is 11.6. The van der Waals surface area contributed by atoms with Crippen molar-refractivity contribution in [1.29, 1.82) is 0 Å². The molecule has 34 heavy (non-hydrogen) atoms. The lowest BCUT2D eigenvalue weighted by molar-refractivity contribution is -0.150. The number of carbonyl (C=O) groups is 4. The average molecular weight is 516 g/mol. The van der Waals surface area contributed by atoms with E-state index in [-0.39, 0.29) is 12.8 Å². The quantitative estimate of drug-likeness (QED) is 0.302. The first-order valence-corrected chi connectivity index (χ1v) is 13.0. The molecule has 5 N–H and O–H groups in total. The number of hydrogen-bond donors (Lipinski definition) is 5. The fourth-order valence-corrected chi connectivity index (χ4v) is 6.35. The topological polar surface area (TPSA) is 184 Å². The van der Waals surface area contributed by atoms with Crippen LogP contribution in [-0.2, 0) is 19.1 Å². The number of alkyl carbamates (subject to hydrolysis) is 1. The molecule has 1 aromatic rings. The lowest BCUT2D eigenvalue weighted by atomic mass is 9.89. The summed E-state index contributed by atoms with van der Waals surface area (Å²) in [7, 11) is 0. The maximum atomic E-state index is 13.2. The van der Waals surface area contributed by atoms with Gasteiger partial charge in [0.25, 0.3) is 0 Å². The zero-order valence-corrected chi connectivity index (χ0v) is 20.9. The number of carboxylic acids is 2. The minimum Gasteiger partial charge on any atom is -0.481 e. The van der Waals surface area contributed by atoms with Gasteiger partial charge in [0.15, 0.2) is 5.16 Å². The van der Waals surface area contributed by atoms with Crippen molar-refractivity contribution in [3.63, 3.8) is 0 Å². The Morgan fingerprint density at radius 3 is 2.56 bits per heavy atom. The maximum Gasteiger partial charge on any atom is 0.408 e. The number of aromatic amines is 1. The third-order valence-corrected chi connectivity index (χ3v) is 7.73. The van der Waals surface area contributed by atoms with Crippen LogP contribution < -0.4 is 10.6 Å². The van der Waals surface area contributed by atoms with E-state index in [1.165, 1.54) is 29.9 Å². The molecule has 188 valence electrons. The van der Waals surface area contributed by atoms with E-state index in [9.17, 15) is 29.4 Å².